The van der Waals surface area contributed by atoms with Crippen molar-refractivity contribution in [2.45, 2.75) is 33.1 Å². The predicted molar refractivity (Wildman–Crippen MR) is 80.2 cm³/mol. The van der Waals surface area contributed by atoms with Crippen molar-refractivity contribution in [1.82, 2.24) is 10.2 Å². The fourth-order valence-electron chi connectivity index (χ4n) is 2.15. The Labute approximate surface area is 117 Å². The highest BCUT2D eigenvalue weighted by Gasteiger charge is 2.08. The summed E-state index contributed by atoms with van der Waals surface area (Å²) in [5.41, 5.74) is 1.27. The molecule has 0 aliphatic carbocycles. The van der Waals surface area contributed by atoms with Crippen LogP contribution in [0.3, 0.4) is 0 Å². The third-order valence-electron chi connectivity index (χ3n) is 3.03. The number of benzene rings is 1. The summed E-state index contributed by atoms with van der Waals surface area (Å²) >= 11 is 0. The molecule has 0 aliphatic rings. The van der Waals surface area contributed by atoms with Gasteiger partial charge in [-0.15, -0.1) is 0 Å². The van der Waals surface area contributed by atoms with Gasteiger partial charge in [-0.05, 0) is 37.9 Å². The number of rotatable bonds is 9. The van der Waals surface area contributed by atoms with Gasteiger partial charge in [0.2, 0.25) is 5.91 Å². The molecule has 3 nitrogen and oxygen atoms in total. The zero-order valence-corrected chi connectivity index (χ0v) is 12.2. The maximum atomic E-state index is 11.8. The van der Waals surface area contributed by atoms with E-state index in [1.807, 2.05) is 18.2 Å². The Bertz CT molecular complexity index is 345. The summed E-state index contributed by atoms with van der Waals surface area (Å²) in [6, 6.07) is 10.2. The number of hydrogen-bond donors (Lipinski definition) is 1. The maximum absolute atomic E-state index is 11.8. The molecule has 1 rings (SSSR count). The maximum Gasteiger partial charge on any atom is 0.234 e. The van der Waals surface area contributed by atoms with Crippen molar-refractivity contribution in [3.05, 3.63) is 35.9 Å². The monoisotopic (exact) mass is 262 g/mol. The van der Waals surface area contributed by atoms with Gasteiger partial charge in [-0.3, -0.25) is 9.69 Å². The molecule has 0 radical (unpaired) electrons. The van der Waals surface area contributed by atoms with Crippen LogP contribution in [0.1, 0.15) is 32.3 Å². The smallest absolute Gasteiger partial charge is 0.234 e. The molecule has 106 valence electrons. The summed E-state index contributed by atoms with van der Waals surface area (Å²) in [7, 11) is 0. The lowest BCUT2D eigenvalue weighted by atomic mass is 10.1. The Balaban J connectivity index is 2.23. The molecule has 0 aromatic heterocycles. The standard InChI is InChI=1S/C16H26N2O/c1-3-12-18(13-4-2)14-16(19)17-11-10-15-8-6-5-7-9-15/h5-9H,3-4,10-14H2,1-2H3,(H,17,19). The van der Waals surface area contributed by atoms with Crippen molar-refractivity contribution in [3.63, 3.8) is 0 Å². The fraction of sp³-hybridized carbons (Fsp3) is 0.562. The highest BCUT2D eigenvalue weighted by molar-refractivity contribution is 5.78. The molecule has 0 spiro atoms. The van der Waals surface area contributed by atoms with Crippen LogP contribution in [0.5, 0.6) is 0 Å². The molecule has 1 aromatic carbocycles. The van der Waals surface area contributed by atoms with E-state index in [-0.39, 0.29) is 5.91 Å². The van der Waals surface area contributed by atoms with Crippen LogP contribution >= 0.6 is 0 Å². The number of nitrogens with one attached hydrogen (secondary N) is 1. The van der Waals surface area contributed by atoms with Gasteiger partial charge >= 0.3 is 0 Å². The zero-order chi connectivity index (χ0) is 13.9. The van der Waals surface area contributed by atoms with Crippen LogP contribution in [0.2, 0.25) is 0 Å². The van der Waals surface area contributed by atoms with Crippen LogP contribution in [-0.2, 0) is 11.2 Å². The number of hydrogen-bond acceptors (Lipinski definition) is 2. The molecule has 1 N–H and O–H groups in total. The van der Waals surface area contributed by atoms with E-state index in [2.05, 4.69) is 36.2 Å². The van der Waals surface area contributed by atoms with E-state index in [9.17, 15) is 4.79 Å². The summed E-state index contributed by atoms with van der Waals surface area (Å²) in [6.07, 6.45) is 3.09. The number of amides is 1. The Morgan fingerprint density at radius 3 is 2.32 bits per heavy atom. The van der Waals surface area contributed by atoms with E-state index in [0.717, 1.165) is 38.9 Å². The first-order chi connectivity index (χ1) is 9.26. The first kappa shape index (κ1) is 15.7. The third-order valence-corrected chi connectivity index (χ3v) is 3.03. The van der Waals surface area contributed by atoms with E-state index >= 15 is 0 Å². The third kappa shape index (κ3) is 6.97. The van der Waals surface area contributed by atoms with E-state index < -0.39 is 0 Å². The van der Waals surface area contributed by atoms with Crippen LogP contribution < -0.4 is 5.32 Å². The second-order valence-corrected chi connectivity index (χ2v) is 4.86. The topological polar surface area (TPSA) is 32.3 Å². The lowest BCUT2D eigenvalue weighted by Crippen LogP contribution is -2.38. The average molecular weight is 262 g/mol. The van der Waals surface area contributed by atoms with Crippen molar-refractivity contribution in [3.8, 4) is 0 Å². The average Bonchev–Trinajstić information content (AvgIpc) is 2.40. The number of carbonyl (C=O) groups excluding carboxylic acids is 1. The van der Waals surface area contributed by atoms with Crippen LogP contribution in [0.25, 0.3) is 0 Å². The van der Waals surface area contributed by atoms with Gasteiger partial charge < -0.3 is 5.32 Å². The molecule has 0 saturated heterocycles. The van der Waals surface area contributed by atoms with E-state index in [1.165, 1.54) is 5.56 Å². The molecule has 0 saturated carbocycles. The summed E-state index contributed by atoms with van der Waals surface area (Å²) in [6.45, 7) is 7.54. The van der Waals surface area contributed by atoms with Gasteiger partial charge in [-0.2, -0.15) is 0 Å². The normalized spacial score (nSPS) is 10.7. The molecule has 0 fully saturated rings. The molecule has 0 heterocycles. The number of carbonyl (C=O) groups is 1. The van der Waals surface area contributed by atoms with Gasteiger partial charge in [0.15, 0.2) is 0 Å². The lowest BCUT2D eigenvalue weighted by Gasteiger charge is -2.20. The second kappa shape index (κ2) is 9.56. The Morgan fingerprint density at radius 2 is 1.74 bits per heavy atom. The second-order valence-electron chi connectivity index (χ2n) is 4.86. The fourth-order valence-corrected chi connectivity index (χ4v) is 2.15. The molecular formula is C16H26N2O. The molecular weight excluding hydrogens is 236 g/mol. The van der Waals surface area contributed by atoms with Crippen molar-refractivity contribution in [1.29, 1.82) is 0 Å². The molecule has 0 atom stereocenters. The molecule has 0 unspecified atom stereocenters. The van der Waals surface area contributed by atoms with E-state index in [0.29, 0.717) is 6.54 Å². The molecule has 1 amide bonds. The molecule has 0 bridgehead atoms. The molecule has 1 aromatic rings. The SMILES string of the molecule is CCCN(CCC)CC(=O)NCCc1ccccc1. The highest BCUT2D eigenvalue weighted by Crippen LogP contribution is 1.98. The van der Waals surface area contributed by atoms with Gasteiger partial charge in [0.1, 0.15) is 0 Å². The molecule has 3 heteroatoms. The predicted octanol–water partition coefficient (Wildman–Crippen LogP) is 2.47. The minimum Gasteiger partial charge on any atom is -0.355 e. The number of nitrogens with zero attached hydrogens (tertiary/aromatic N) is 1. The summed E-state index contributed by atoms with van der Waals surface area (Å²) in [5.74, 6) is 0.137. The largest absolute Gasteiger partial charge is 0.355 e. The van der Waals surface area contributed by atoms with Crippen LogP contribution in [0.15, 0.2) is 30.3 Å². The Morgan fingerprint density at radius 1 is 1.11 bits per heavy atom. The summed E-state index contributed by atoms with van der Waals surface area (Å²) in [4.78, 5) is 14.1. The van der Waals surface area contributed by atoms with Gasteiger partial charge in [0.05, 0.1) is 6.54 Å². The van der Waals surface area contributed by atoms with Crippen molar-refractivity contribution in [2.75, 3.05) is 26.2 Å². The van der Waals surface area contributed by atoms with Crippen LogP contribution in [0.4, 0.5) is 0 Å². The highest BCUT2D eigenvalue weighted by atomic mass is 16.2. The zero-order valence-electron chi connectivity index (χ0n) is 12.2. The van der Waals surface area contributed by atoms with Gasteiger partial charge in [-0.1, -0.05) is 44.2 Å². The Hall–Kier alpha value is -1.35. The molecule has 19 heavy (non-hydrogen) atoms. The quantitative estimate of drug-likeness (QED) is 0.741. The Kier molecular flexibility index (Phi) is 7.91. The van der Waals surface area contributed by atoms with Crippen molar-refractivity contribution < 1.29 is 4.79 Å². The summed E-state index contributed by atoms with van der Waals surface area (Å²) < 4.78 is 0. The first-order valence-corrected chi connectivity index (χ1v) is 7.29. The van der Waals surface area contributed by atoms with Crippen LogP contribution in [-0.4, -0.2) is 37.0 Å². The van der Waals surface area contributed by atoms with E-state index in [1.54, 1.807) is 0 Å². The van der Waals surface area contributed by atoms with E-state index in [4.69, 9.17) is 0 Å². The van der Waals surface area contributed by atoms with Gasteiger partial charge in [0.25, 0.3) is 0 Å². The van der Waals surface area contributed by atoms with Crippen LogP contribution in [0, 0.1) is 0 Å². The van der Waals surface area contributed by atoms with Crippen molar-refractivity contribution in [2.24, 2.45) is 0 Å². The summed E-state index contributed by atoms with van der Waals surface area (Å²) in [5, 5.41) is 3.00. The van der Waals surface area contributed by atoms with Crippen molar-refractivity contribution >= 4 is 5.91 Å². The minimum atomic E-state index is 0.137. The van der Waals surface area contributed by atoms with Gasteiger partial charge in [0, 0.05) is 6.54 Å². The minimum absolute atomic E-state index is 0.137. The lowest BCUT2D eigenvalue weighted by molar-refractivity contribution is -0.122. The van der Waals surface area contributed by atoms with Gasteiger partial charge in [-0.25, -0.2) is 0 Å². The molecule has 0 aliphatic heterocycles. The first-order valence-electron chi connectivity index (χ1n) is 7.29.